The second-order valence-electron chi connectivity index (χ2n) is 8.57. The lowest BCUT2D eigenvalue weighted by Gasteiger charge is -2.63. The number of rotatable bonds is 8. The number of carbonyl (C=O) groups is 1. The van der Waals surface area contributed by atoms with Crippen LogP contribution in [0, 0.1) is 23.6 Å². The summed E-state index contributed by atoms with van der Waals surface area (Å²) in [6.45, 7) is 1.92. The molecule has 1 fully saturated rings. The summed E-state index contributed by atoms with van der Waals surface area (Å²) in [6.07, 6.45) is 4.47. The number of carboxylic acids is 1. The van der Waals surface area contributed by atoms with Crippen LogP contribution in [0.3, 0.4) is 0 Å². The fourth-order valence-electron chi connectivity index (χ4n) is 4.93. The Hall–Kier alpha value is -4.06. The van der Waals surface area contributed by atoms with Gasteiger partial charge in [0.25, 0.3) is 0 Å². The van der Waals surface area contributed by atoms with Crippen molar-refractivity contribution in [3.05, 3.63) is 89.7 Å². The van der Waals surface area contributed by atoms with Gasteiger partial charge in [-0.1, -0.05) is 42.3 Å². The Balaban J connectivity index is 1.84. The standard InChI is InChI=1S/C28H21F5O4/c1-3-25(17-18-10-15-22(29)23(16-18)37-21-8-6-5-7-9-21)26(24(34)35,28(32,33)27(25,30)31)19-11-13-20(14-12-19)36-4-2/h1,5-16H,4,17H2,2H3,(H,34,35). The fourth-order valence-corrected chi connectivity index (χ4v) is 4.93. The molecular formula is C28H21F5O4. The minimum Gasteiger partial charge on any atom is -0.494 e. The maximum atomic E-state index is 15.3. The Labute approximate surface area is 209 Å². The topological polar surface area (TPSA) is 55.8 Å². The van der Waals surface area contributed by atoms with Crippen LogP contribution in [0.5, 0.6) is 17.2 Å². The van der Waals surface area contributed by atoms with Gasteiger partial charge in [-0.3, -0.25) is 4.79 Å². The highest BCUT2D eigenvalue weighted by Crippen LogP contribution is 2.75. The van der Waals surface area contributed by atoms with Gasteiger partial charge in [-0.05, 0) is 60.9 Å². The van der Waals surface area contributed by atoms with Crippen molar-refractivity contribution < 1.29 is 41.3 Å². The molecule has 1 N–H and O–H groups in total. The molecule has 192 valence electrons. The third kappa shape index (κ3) is 3.54. The van der Waals surface area contributed by atoms with E-state index in [0.717, 1.165) is 30.3 Å². The predicted molar refractivity (Wildman–Crippen MR) is 125 cm³/mol. The molecule has 2 unspecified atom stereocenters. The van der Waals surface area contributed by atoms with Crippen molar-refractivity contribution in [3.8, 4) is 29.6 Å². The molecule has 3 aromatic carbocycles. The number of hydrogen-bond acceptors (Lipinski definition) is 3. The monoisotopic (exact) mass is 516 g/mol. The molecule has 4 nitrogen and oxygen atoms in total. The van der Waals surface area contributed by atoms with Crippen LogP contribution in [0.1, 0.15) is 18.1 Å². The van der Waals surface area contributed by atoms with Gasteiger partial charge in [0, 0.05) is 0 Å². The van der Waals surface area contributed by atoms with Crippen LogP contribution in [0.2, 0.25) is 0 Å². The Morgan fingerprint density at radius 3 is 2.16 bits per heavy atom. The van der Waals surface area contributed by atoms with Crippen LogP contribution in [-0.4, -0.2) is 29.5 Å². The van der Waals surface area contributed by atoms with Crippen molar-refractivity contribution in [1.82, 2.24) is 0 Å². The molecule has 0 amide bonds. The van der Waals surface area contributed by atoms with E-state index >= 15 is 17.6 Å². The Morgan fingerprint density at radius 2 is 1.59 bits per heavy atom. The first-order valence-corrected chi connectivity index (χ1v) is 11.2. The zero-order chi connectivity index (χ0) is 27.1. The lowest BCUT2D eigenvalue weighted by Crippen LogP contribution is -2.85. The van der Waals surface area contributed by atoms with Crippen LogP contribution in [0.15, 0.2) is 72.8 Å². The molecule has 4 rings (SSSR count). The number of aliphatic carboxylic acids is 1. The van der Waals surface area contributed by atoms with E-state index < -0.39 is 46.4 Å². The van der Waals surface area contributed by atoms with Crippen molar-refractivity contribution in [2.24, 2.45) is 5.41 Å². The molecule has 0 aliphatic heterocycles. The lowest BCUT2D eigenvalue weighted by molar-refractivity contribution is -0.385. The van der Waals surface area contributed by atoms with Crippen LogP contribution >= 0.6 is 0 Å². The smallest absolute Gasteiger partial charge is 0.333 e. The summed E-state index contributed by atoms with van der Waals surface area (Å²) in [6, 6.07) is 15.4. The van der Waals surface area contributed by atoms with Gasteiger partial charge < -0.3 is 14.6 Å². The molecule has 3 aromatic rings. The van der Waals surface area contributed by atoms with E-state index in [2.05, 4.69) is 0 Å². The largest absolute Gasteiger partial charge is 0.494 e. The number of hydrogen-bond donors (Lipinski definition) is 1. The van der Waals surface area contributed by atoms with Crippen LogP contribution < -0.4 is 9.47 Å². The maximum Gasteiger partial charge on any atom is 0.333 e. The minimum absolute atomic E-state index is 0.114. The van der Waals surface area contributed by atoms with Gasteiger partial charge in [0.05, 0.1) is 6.61 Å². The van der Waals surface area contributed by atoms with E-state index in [1.165, 1.54) is 24.3 Å². The van der Waals surface area contributed by atoms with Gasteiger partial charge in [-0.15, -0.1) is 6.42 Å². The summed E-state index contributed by atoms with van der Waals surface area (Å²) >= 11 is 0. The number of ether oxygens (including phenoxy) is 2. The van der Waals surface area contributed by atoms with E-state index in [1.54, 1.807) is 31.0 Å². The molecule has 0 heterocycles. The zero-order valence-electron chi connectivity index (χ0n) is 19.5. The highest BCUT2D eigenvalue weighted by Gasteiger charge is 2.97. The van der Waals surface area contributed by atoms with E-state index in [-0.39, 0.29) is 29.4 Å². The van der Waals surface area contributed by atoms with Gasteiger partial charge >= 0.3 is 17.8 Å². The Kier molecular flexibility index (Phi) is 6.40. The zero-order valence-corrected chi connectivity index (χ0v) is 19.5. The number of terminal acetylenes is 1. The number of benzene rings is 3. The van der Waals surface area contributed by atoms with Crippen LogP contribution in [-0.2, 0) is 16.6 Å². The summed E-state index contributed by atoms with van der Waals surface area (Å²) in [7, 11) is 0. The average molecular weight is 516 g/mol. The third-order valence-corrected chi connectivity index (χ3v) is 6.64. The average Bonchev–Trinajstić information content (AvgIpc) is 2.86. The fraction of sp³-hybridized carbons (Fsp3) is 0.250. The van der Waals surface area contributed by atoms with E-state index in [4.69, 9.17) is 15.9 Å². The third-order valence-electron chi connectivity index (χ3n) is 6.64. The molecule has 0 saturated heterocycles. The Morgan fingerprint density at radius 1 is 0.946 bits per heavy atom. The van der Waals surface area contributed by atoms with Gasteiger partial charge in [0.1, 0.15) is 16.9 Å². The second-order valence-corrected chi connectivity index (χ2v) is 8.57. The molecule has 2 atom stereocenters. The van der Waals surface area contributed by atoms with Crippen LogP contribution in [0.4, 0.5) is 22.0 Å². The summed E-state index contributed by atoms with van der Waals surface area (Å²) in [5.74, 6) is -11.2. The lowest BCUT2D eigenvalue weighted by atomic mass is 9.40. The number of alkyl halides is 4. The van der Waals surface area contributed by atoms with Gasteiger partial charge in [-0.25, -0.2) is 4.39 Å². The molecule has 1 aliphatic carbocycles. The molecule has 0 radical (unpaired) electrons. The summed E-state index contributed by atoms with van der Waals surface area (Å²) in [5.41, 5.74) is -7.42. The normalized spacial score (nSPS) is 23.4. The molecule has 0 aromatic heterocycles. The predicted octanol–water partition coefficient (Wildman–Crippen LogP) is 6.49. The first kappa shape index (κ1) is 26.0. The van der Waals surface area contributed by atoms with Crippen molar-refractivity contribution in [2.75, 3.05) is 6.61 Å². The second kappa shape index (κ2) is 9.11. The number of carboxylic acid groups (broad SMARTS) is 1. The highest BCUT2D eigenvalue weighted by molar-refractivity contribution is 5.89. The summed E-state index contributed by atoms with van der Waals surface area (Å²) < 4.78 is 86.4. The maximum absolute atomic E-state index is 15.3. The highest BCUT2D eigenvalue weighted by atomic mass is 19.3. The molecule has 1 saturated carbocycles. The van der Waals surface area contributed by atoms with Crippen molar-refractivity contribution in [1.29, 1.82) is 0 Å². The van der Waals surface area contributed by atoms with E-state index in [1.807, 2.05) is 0 Å². The van der Waals surface area contributed by atoms with Crippen LogP contribution in [0.25, 0.3) is 0 Å². The molecule has 9 heteroatoms. The molecule has 0 spiro atoms. The summed E-state index contributed by atoms with van der Waals surface area (Å²) in [4.78, 5) is 12.5. The minimum atomic E-state index is -5.05. The quantitative estimate of drug-likeness (QED) is 0.275. The van der Waals surface area contributed by atoms with Gasteiger partial charge in [0.2, 0.25) is 0 Å². The number of para-hydroxylation sites is 1. The molecule has 0 bridgehead atoms. The van der Waals surface area contributed by atoms with Crippen molar-refractivity contribution in [3.63, 3.8) is 0 Å². The van der Waals surface area contributed by atoms with Gasteiger partial charge in [0.15, 0.2) is 17.0 Å². The van der Waals surface area contributed by atoms with E-state index in [9.17, 15) is 14.3 Å². The molecule has 1 aliphatic rings. The van der Waals surface area contributed by atoms with Crippen molar-refractivity contribution in [2.45, 2.75) is 30.6 Å². The first-order chi connectivity index (χ1) is 17.5. The van der Waals surface area contributed by atoms with E-state index in [0.29, 0.717) is 0 Å². The Bertz CT molecular complexity index is 1350. The summed E-state index contributed by atoms with van der Waals surface area (Å²) in [5, 5.41) is 10.1. The molecule has 37 heavy (non-hydrogen) atoms. The first-order valence-electron chi connectivity index (χ1n) is 11.2. The van der Waals surface area contributed by atoms with Crippen molar-refractivity contribution >= 4 is 5.97 Å². The molecular weight excluding hydrogens is 495 g/mol. The SMILES string of the molecule is C#CC1(Cc2ccc(F)c(Oc3ccccc3)c2)C(F)(F)C(F)(F)C1(C(=O)O)c1ccc(OCC)cc1. The number of halogens is 5. The van der Waals surface area contributed by atoms with Gasteiger partial charge in [-0.2, -0.15) is 17.6 Å².